The number of ether oxygens (including phenoxy) is 2. The minimum absolute atomic E-state index is 0. The summed E-state index contributed by atoms with van der Waals surface area (Å²) in [5.74, 6) is 0.783. The number of aliphatic imine (C=N–C) groups is 1. The first-order valence-electron chi connectivity index (χ1n) is 8.60. The number of halogens is 3. The Morgan fingerprint density at radius 3 is 2.62 bits per heavy atom. The fourth-order valence-electron chi connectivity index (χ4n) is 2.87. The molecule has 0 radical (unpaired) electrons. The molecule has 1 aliphatic heterocycles. The number of rotatable bonds is 7. The predicted octanol–water partition coefficient (Wildman–Crippen LogP) is 3.90. The van der Waals surface area contributed by atoms with E-state index in [-0.39, 0.29) is 29.6 Å². The van der Waals surface area contributed by atoms with Crippen molar-refractivity contribution in [1.82, 2.24) is 10.6 Å². The minimum Gasteiger partial charge on any atom is -0.381 e. The van der Waals surface area contributed by atoms with Crippen molar-refractivity contribution >= 4 is 53.1 Å². The topological polar surface area (TPSA) is 54.9 Å². The Kier molecular flexibility index (Phi) is 11.2. The highest BCUT2D eigenvalue weighted by Gasteiger charge is 2.32. The molecule has 1 fully saturated rings. The maximum atomic E-state index is 6.20. The number of nitrogens with zero attached hydrogens (tertiary/aromatic N) is 1. The Balaban J connectivity index is 0.00000338. The second kappa shape index (κ2) is 12.2. The van der Waals surface area contributed by atoms with Gasteiger partial charge in [-0.2, -0.15) is 0 Å². The van der Waals surface area contributed by atoms with E-state index in [4.69, 9.17) is 32.7 Å². The second-order valence-electron chi connectivity index (χ2n) is 6.19. The molecule has 0 aromatic heterocycles. The quantitative estimate of drug-likeness (QED) is 0.250. The zero-order chi connectivity index (χ0) is 18.1. The molecule has 148 valence electrons. The summed E-state index contributed by atoms with van der Waals surface area (Å²) in [6.07, 6.45) is 3.62. The van der Waals surface area contributed by atoms with Crippen molar-refractivity contribution in [2.75, 3.05) is 40.5 Å². The summed E-state index contributed by atoms with van der Waals surface area (Å²) in [5.41, 5.74) is 0.934. The van der Waals surface area contributed by atoms with E-state index in [0.717, 1.165) is 68.5 Å². The smallest absolute Gasteiger partial charge is 0.191 e. The molecule has 1 aliphatic rings. The molecular formula is C18H28Cl2IN3O2. The minimum atomic E-state index is -0.174. The molecule has 1 saturated heterocycles. The number of nitrogens with one attached hydrogen (secondary N) is 2. The molecule has 1 heterocycles. The van der Waals surface area contributed by atoms with Crippen LogP contribution in [-0.2, 0) is 15.9 Å². The van der Waals surface area contributed by atoms with Gasteiger partial charge < -0.3 is 20.1 Å². The average Bonchev–Trinajstić information content (AvgIpc) is 2.63. The van der Waals surface area contributed by atoms with Crippen LogP contribution in [0.2, 0.25) is 10.0 Å². The molecule has 0 atom stereocenters. The van der Waals surface area contributed by atoms with Crippen LogP contribution < -0.4 is 10.6 Å². The van der Waals surface area contributed by atoms with Crippen molar-refractivity contribution in [2.24, 2.45) is 4.99 Å². The molecule has 2 N–H and O–H groups in total. The van der Waals surface area contributed by atoms with Crippen LogP contribution in [0.4, 0.5) is 0 Å². The molecule has 8 heteroatoms. The summed E-state index contributed by atoms with van der Waals surface area (Å²) in [4.78, 5) is 4.28. The largest absolute Gasteiger partial charge is 0.381 e. The van der Waals surface area contributed by atoms with Gasteiger partial charge in [0, 0.05) is 63.3 Å². The van der Waals surface area contributed by atoms with Gasteiger partial charge in [-0.05, 0) is 30.5 Å². The van der Waals surface area contributed by atoms with Gasteiger partial charge in [0.25, 0.3) is 0 Å². The van der Waals surface area contributed by atoms with E-state index in [1.165, 1.54) is 0 Å². The standard InChI is InChI=1S/C18H27Cl2N3O2.HI/c1-21-17(23-13-18(24-2)7-10-25-11-8-18)22-9-3-4-14-5-6-15(19)12-16(14)20;/h5-6,12H,3-4,7-11,13H2,1-2H3,(H2,21,22,23);1H. The lowest BCUT2D eigenvalue weighted by atomic mass is 9.94. The van der Waals surface area contributed by atoms with Gasteiger partial charge >= 0.3 is 0 Å². The number of hydrogen-bond donors (Lipinski definition) is 2. The Labute approximate surface area is 183 Å². The van der Waals surface area contributed by atoms with Crippen molar-refractivity contribution in [3.63, 3.8) is 0 Å². The molecule has 1 aromatic rings. The Bertz CT molecular complexity index is 582. The van der Waals surface area contributed by atoms with Gasteiger partial charge in [0.1, 0.15) is 0 Å². The third-order valence-corrected chi connectivity index (χ3v) is 5.16. The van der Waals surface area contributed by atoms with Crippen LogP contribution >= 0.6 is 47.2 Å². The van der Waals surface area contributed by atoms with Gasteiger partial charge in [-0.25, -0.2) is 0 Å². The highest BCUT2D eigenvalue weighted by Crippen LogP contribution is 2.23. The van der Waals surface area contributed by atoms with Gasteiger partial charge in [-0.1, -0.05) is 29.3 Å². The third-order valence-electron chi connectivity index (χ3n) is 4.57. The zero-order valence-electron chi connectivity index (χ0n) is 15.3. The van der Waals surface area contributed by atoms with Crippen LogP contribution in [0.3, 0.4) is 0 Å². The number of guanidine groups is 1. The summed E-state index contributed by atoms with van der Waals surface area (Å²) in [5, 5.41) is 8.08. The summed E-state index contributed by atoms with van der Waals surface area (Å²) < 4.78 is 11.2. The van der Waals surface area contributed by atoms with Crippen molar-refractivity contribution in [1.29, 1.82) is 0 Å². The van der Waals surface area contributed by atoms with Crippen LogP contribution in [0.5, 0.6) is 0 Å². The number of benzene rings is 1. The van der Waals surface area contributed by atoms with E-state index in [1.54, 1.807) is 20.2 Å². The molecule has 5 nitrogen and oxygen atoms in total. The normalized spacial score (nSPS) is 16.7. The summed E-state index contributed by atoms with van der Waals surface area (Å²) in [6.45, 7) is 3.00. The molecule has 0 saturated carbocycles. The zero-order valence-corrected chi connectivity index (χ0v) is 19.2. The number of hydrogen-bond acceptors (Lipinski definition) is 3. The van der Waals surface area contributed by atoms with Crippen molar-refractivity contribution < 1.29 is 9.47 Å². The van der Waals surface area contributed by atoms with Crippen molar-refractivity contribution in [2.45, 2.75) is 31.3 Å². The van der Waals surface area contributed by atoms with Gasteiger partial charge in [-0.15, -0.1) is 24.0 Å². The third kappa shape index (κ3) is 7.38. The lowest BCUT2D eigenvalue weighted by Gasteiger charge is -2.36. The first-order valence-corrected chi connectivity index (χ1v) is 9.35. The van der Waals surface area contributed by atoms with Crippen molar-refractivity contribution in [3.05, 3.63) is 33.8 Å². The molecule has 0 bridgehead atoms. The van der Waals surface area contributed by atoms with E-state index in [0.29, 0.717) is 5.02 Å². The predicted molar refractivity (Wildman–Crippen MR) is 119 cm³/mol. The molecule has 0 aliphatic carbocycles. The summed E-state index contributed by atoms with van der Waals surface area (Å²) >= 11 is 12.1. The van der Waals surface area contributed by atoms with E-state index in [1.807, 2.05) is 12.1 Å². The monoisotopic (exact) mass is 515 g/mol. The van der Waals surface area contributed by atoms with Gasteiger partial charge in [0.2, 0.25) is 0 Å². The van der Waals surface area contributed by atoms with Crippen LogP contribution in [0, 0.1) is 0 Å². The lowest BCUT2D eigenvalue weighted by molar-refractivity contribution is -0.0855. The molecule has 26 heavy (non-hydrogen) atoms. The van der Waals surface area contributed by atoms with Crippen LogP contribution in [0.15, 0.2) is 23.2 Å². The fourth-order valence-corrected chi connectivity index (χ4v) is 3.37. The number of methoxy groups -OCH3 is 1. The maximum Gasteiger partial charge on any atom is 0.191 e. The Morgan fingerprint density at radius 2 is 2.00 bits per heavy atom. The SMILES string of the molecule is CN=C(NCCCc1ccc(Cl)cc1Cl)NCC1(OC)CCOCC1.I. The molecular weight excluding hydrogens is 488 g/mol. The molecule has 1 aromatic carbocycles. The highest BCUT2D eigenvalue weighted by molar-refractivity contribution is 14.0. The summed E-state index contributed by atoms with van der Waals surface area (Å²) in [6, 6.07) is 5.63. The molecule has 0 spiro atoms. The Morgan fingerprint density at radius 1 is 1.27 bits per heavy atom. The van der Waals surface area contributed by atoms with E-state index in [2.05, 4.69) is 15.6 Å². The lowest BCUT2D eigenvalue weighted by Crippen LogP contribution is -2.50. The van der Waals surface area contributed by atoms with Crippen LogP contribution in [0.1, 0.15) is 24.8 Å². The first kappa shape index (κ1) is 23.8. The van der Waals surface area contributed by atoms with E-state index in [9.17, 15) is 0 Å². The summed E-state index contributed by atoms with van der Waals surface area (Å²) in [7, 11) is 3.54. The van der Waals surface area contributed by atoms with E-state index < -0.39 is 0 Å². The number of aryl methyl sites for hydroxylation is 1. The molecule has 2 rings (SSSR count). The van der Waals surface area contributed by atoms with Crippen LogP contribution in [-0.4, -0.2) is 52.0 Å². The second-order valence-corrected chi connectivity index (χ2v) is 7.03. The van der Waals surface area contributed by atoms with Crippen molar-refractivity contribution in [3.8, 4) is 0 Å². The van der Waals surface area contributed by atoms with E-state index >= 15 is 0 Å². The van der Waals surface area contributed by atoms with Gasteiger partial charge in [0.15, 0.2) is 5.96 Å². The Hall–Kier alpha value is -0.280. The average molecular weight is 516 g/mol. The maximum absolute atomic E-state index is 6.20. The fraction of sp³-hybridized carbons (Fsp3) is 0.611. The van der Waals surface area contributed by atoms with Gasteiger partial charge in [-0.3, -0.25) is 4.99 Å². The highest BCUT2D eigenvalue weighted by atomic mass is 127. The van der Waals surface area contributed by atoms with Crippen LogP contribution in [0.25, 0.3) is 0 Å². The molecule has 0 amide bonds. The molecule has 0 unspecified atom stereocenters. The van der Waals surface area contributed by atoms with Gasteiger partial charge in [0.05, 0.1) is 5.60 Å². The first-order chi connectivity index (χ1) is 12.1.